The SMILES string of the molecule is Nc1ccc(Sc2ncnc3nc[nH]c23)c(C(F)F)c1. The van der Waals surface area contributed by atoms with Crippen LogP contribution < -0.4 is 5.73 Å². The van der Waals surface area contributed by atoms with Crippen LogP contribution in [0.2, 0.25) is 0 Å². The predicted molar refractivity (Wildman–Crippen MR) is 71.6 cm³/mol. The van der Waals surface area contributed by atoms with Crippen LogP contribution in [0.15, 0.2) is 40.8 Å². The van der Waals surface area contributed by atoms with E-state index in [1.54, 1.807) is 12.1 Å². The lowest BCUT2D eigenvalue weighted by molar-refractivity contribution is 0.148. The largest absolute Gasteiger partial charge is 0.399 e. The van der Waals surface area contributed by atoms with Gasteiger partial charge in [0.05, 0.1) is 6.33 Å². The van der Waals surface area contributed by atoms with E-state index in [4.69, 9.17) is 5.73 Å². The summed E-state index contributed by atoms with van der Waals surface area (Å²) in [6, 6.07) is 4.42. The molecule has 0 spiro atoms. The Labute approximate surface area is 116 Å². The van der Waals surface area contributed by atoms with Crippen molar-refractivity contribution < 1.29 is 8.78 Å². The third kappa shape index (κ3) is 2.29. The molecule has 0 unspecified atom stereocenters. The van der Waals surface area contributed by atoms with Crippen molar-refractivity contribution in [2.24, 2.45) is 0 Å². The van der Waals surface area contributed by atoms with Gasteiger partial charge in [-0.1, -0.05) is 11.8 Å². The average molecular weight is 293 g/mol. The Hall–Kier alpha value is -2.22. The first-order valence-corrected chi connectivity index (χ1v) is 6.46. The van der Waals surface area contributed by atoms with E-state index in [1.165, 1.54) is 18.7 Å². The third-order valence-electron chi connectivity index (χ3n) is 2.66. The molecule has 2 heterocycles. The molecule has 5 nitrogen and oxygen atoms in total. The molecule has 3 rings (SSSR count). The lowest BCUT2D eigenvalue weighted by Gasteiger charge is -2.09. The maximum absolute atomic E-state index is 13.0. The minimum atomic E-state index is -2.60. The average Bonchev–Trinajstić information content (AvgIpc) is 2.90. The molecule has 1 aromatic carbocycles. The maximum Gasteiger partial charge on any atom is 0.265 e. The van der Waals surface area contributed by atoms with Crippen LogP contribution in [0.25, 0.3) is 11.2 Å². The third-order valence-corrected chi connectivity index (χ3v) is 3.76. The second-order valence-corrected chi connectivity index (χ2v) is 5.01. The summed E-state index contributed by atoms with van der Waals surface area (Å²) in [6.45, 7) is 0. The van der Waals surface area contributed by atoms with Crippen molar-refractivity contribution in [3.8, 4) is 0 Å². The Morgan fingerprint density at radius 1 is 1.20 bits per heavy atom. The highest BCUT2D eigenvalue weighted by Gasteiger charge is 2.16. The van der Waals surface area contributed by atoms with Gasteiger partial charge >= 0.3 is 0 Å². The van der Waals surface area contributed by atoms with Crippen LogP contribution in [-0.2, 0) is 0 Å². The Bertz CT molecular complexity index is 758. The van der Waals surface area contributed by atoms with Crippen molar-refractivity contribution in [2.45, 2.75) is 16.3 Å². The molecule has 20 heavy (non-hydrogen) atoms. The Morgan fingerprint density at radius 3 is 2.85 bits per heavy atom. The topological polar surface area (TPSA) is 80.5 Å². The number of anilines is 1. The first kappa shape index (κ1) is 12.8. The Balaban J connectivity index is 2.05. The lowest BCUT2D eigenvalue weighted by atomic mass is 10.2. The summed E-state index contributed by atoms with van der Waals surface area (Å²) in [6.07, 6.45) is 0.241. The van der Waals surface area contributed by atoms with E-state index in [-0.39, 0.29) is 5.56 Å². The molecular weight excluding hydrogens is 284 g/mol. The van der Waals surface area contributed by atoms with Crippen LogP contribution in [0, 0.1) is 0 Å². The summed E-state index contributed by atoms with van der Waals surface area (Å²) in [7, 11) is 0. The smallest absolute Gasteiger partial charge is 0.265 e. The standard InChI is InChI=1S/C12H9F2N5S/c13-10(14)7-3-6(15)1-2-8(7)20-12-9-11(17-4-16-9)18-5-19-12/h1-5,10H,15H2,(H,16,17,18,19). The van der Waals surface area contributed by atoms with Gasteiger partial charge in [0.2, 0.25) is 0 Å². The maximum atomic E-state index is 13.0. The lowest BCUT2D eigenvalue weighted by Crippen LogP contribution is -1.94. The molecule has 0 aliphatic heterocycles. The summed E-state index contributed by atoms with van der Waals surface area (Å²) in [5.41, 5.74) is 6.86. The van der Waals surface area contributed by atoms with Crippen LogP contribution in [0.1, 0.15) is 12.0 Å². The van der Waals surface area contributed by atoms with Crippen molar-refractivity contribution in [2.75, 3.05) is 5.73 Å². The number of nitrogen functional groups attached to an aromatic ring is 1. The molecule has 0 atom stereocenters. The first-order valence-electron chi connectivity index (χ1n) is 5.64. The number of fused-ring (bicyclic) bond motifs is 1. The molecule has 3 aromatic rings. The van der Waals surface area contributed by atoms with E-state index in [0.29, 0.717) is 26.8 Å². The summed E-state index contributed by atoms with van der Waals surface area (Å²) >= 11 is 1.13. The zero-order chi connectivity index (χ0) is 14.1. The number of halogens is 2. The fourth-order valence-corrected chi connectivity index (χ4v) is 2.72. The molecule has 8 heteroatoms. The Kier molecular flexibility index (Phi) is 3.23. The van der Waals surface area contributed by atoms with Crippen LogP contribution in [0.3, 0.4) is 0 Å². The number of nitrogens with zero attached hydrogens (tertiary/aromatic N) is 3. The van der Waals surface area contributed by atoms with Crippen molar-refractivity contribution >= 4 is 28.6 Å². The number of nitrogens with two attached hydrogens (primary N) is 1. The van der Waals surface area contributed by atoms with Gasteiger partial charge in [-0.05, 0) is 18.2 Å². The van der Waals surface area contributed by atoms with Crippen molar-refractivity contribution in [3.63, 3.8) is 0 Å². The number of aromatic nitrogens is 4. The van der Waals surface area contributed by atoms with E-state index >= 15 is 0 Å². The van der Waals surface area contributed by atoms with E-state index in [9.17, 15) is 8.78 Å². The number of benzene rings is 1. The number of nitrogens with one attached hydrogen (secondary N) is 1. The zero-order valence-electron chi connectivity index (χ0n) is 10.0. The van der Waals surface area contributed by atoms with Gasteiger partial charge in [0.15, 0.2) is 5.65 Å². The van der Waals surface area contributed by atoms with Crippen LogP contribution in [-0.4, -0.2) is 19.9 Å². The number of rotatable bonds is 3. The van der Waals surface area contributed by atoms with Crippen molar-refractivity contribution in [1.82, 2.24) is 19.9 Å². The van der Waals surface area contributed by atoms with Gasteiger partial charge < -0.3 is 10.7 Å². The number of aromatic amines is 1. The highest BCUT2D eigenvalue weighted by molar-refractivity contribution is 7.99. The summed E-state index contributed by atoms with van der Waals surface area (Å²) in [4.78, 5) is 15.4. The minimum absolute atomic E-state index is 0.110. The first-order chi connectivity index (χ1) is 9.65. The molecule has 2 aromatic heterocycles. The molecule has 0 aliphatic rings. The zero-order valence-corrected chi connectivity index (χ0v) is 10.9. The molecule has 0 saturated heterocycles. The minimum Gasteiger partial charge on any atom is -0.399 e. The molecule has 0 saturated carbocycles. The molecule has 0 fully saturated rings. The number of hydrogen-bond donors (Lipinski definition) is 2. The van der Waals surface area contributed by atoms with Crippen LogP contribution in [0.5, 0.6) is 0 Å². The molecule has 3 N–H and O–H groups in total. The highest BCUT2D eigenvalue weighted by Crippen LogP contribution is 2.37. The van der Waals surface area contributed by atoms with Crippen molar-refractivity contribution in [1.29, 1.82) is 0 Å². The van der Waals surface area contributed by atoms with E-state index in [0.717, 1.165) is 11.8 Å². The molecule has 0 radical (unpaired) electrons. The number of alkyl halides is 2. The number of imidazole rings is 1. The van der Waals surface area contributed by atoms with E-state index in [2.05, 4.69) is 19.9 Å². The van der Waals surface area contributed by atoms with Gasteiger partial charge in [0.1, 0.15) is 16.9 Å². The van der Waals surface area contributed by atoms with Gasteiger partial charge in [-0.3, -0.25) is 0 Å². The quantitative estimate of drug-likeness (QED) is 0.573. The van der Waals surface area contributed by atoms with Gasteiger partial charge in [-0.2, -0.15) is 0 Å². The monoisotopic (exact) mass is 293 g/mol. The number of H-pyrrole nitrogens is 1. The van der Waals surface area contributed by atoms with Crippen LogP contribution in [0.4, 0.5) is 14.5 Å². The molecular formula is C12H9F2N5S. The second kappa shape index (κ2) is 5.04. The fourth-order valence-electron chi connectivity index (χ4n) is 1.75. The summed E-state index contributed by atoms with van der Waals surface area (Å²) < 4.78 is 26.1. The summed E-state index contributed by atoms with van der Waals surface area (Å²) in [5, 5.41) is 0.541. The molecule has 102 valence electrons. The Morgan fingerprint density at radius 2 is 2.05 bits per heavy atom. The molecule has 0 bridgehead atoms. The molecule has 0 aliphatic carbocycles. The van der Waals surface area contributed by atoms with E-state index in [1.807, 2.05) is 0 Å². The molecule has 0 amide bonds. The van der Waals surface area contributed by atoms with Gasteiger partial charge in [-0.15, -0.1) is 0 Å². The predicted octanol–water partition coefficient (Wildman–Crippen LogP) is 3.02. The normalized spacial score (nSPS) is 11.3. The van der Waals surface area contributed by atoms with Crippen LogP contribution >= 0.6 is 11.8 Å². The second-order valence-electron chi connectivity index (χ2n) is 3.98. The summed E-state index contributed by atoms with van der Waals surface area (Å²) in [5.74, 6) is 0. The van der Waals surface area contributed by atoms with Gasteiger partial charge in [0, 0.05) is 16.1 Å². The fraction of sp³-hybridized carbons (Fsp3) is 0.0833. The van der Waals surface area contributed by atoms with Gasteiger partial charge in [0.25, 0.3) is 6.43 Å². The van der Waals surface area contributed by atoms with E-state index < -0.39 is 6.43 Å². The van der Waals surface area contributed by atoms with Gasteiger partial charge in [-0.25, -0.2) is 23.7 Å². The van der Waals surface area contributed by atoms with Crippen molar-refractivity contribution in [3.05, 3.63) is 36.4 Å². The highest BCUT2D eigenvalue weighted by atomic mass is 32.2. The number of hydrogen-bond acceptors (Lipinski definition) is 5.